The highest BCUT2D eigenvalue weighted by atomic mass is 15.1. The minimum absolute atomic E-state index is 0.800. The first-order valence-corrected chi connectivity index (χ1v) is 14.6. The first-order valence-electron chi connectivity index (χ1n) is 14.6. The van der Waals surface area contributed by atoms with Gasteiger partial charge in [-0.1, -0.05) is 133 Å². The molecule has 2 heteroatoms. The van der Waals surface area contributed by atoms with Crippen molar-refractivity contribution >= 4 is 32.6 Å². The van der Waals surface area contributed by atoms with Gasteiger partial charge >= 0.3 is 0 Å². The quantitative estimate of drug-likeness (QED) is 0.151. The molecular weight excluding hydrogens is 508 g/mol. The standard InChI is InChI=1S/C40H32N2/c1-3-4-5-13-26-42-28(2)41-37-25-24-32(27-38(37)42)29-20-22-31(23-21-29)40-35-18-11-9-16-33(35)39(30-14-7-6-8-15-30)34-17-10-12-19-36(34)40/h3-25,27H,26H2,1-2H3/b4-3-,13-5-. The van der Waals surface area contributed by atoms with E-state index in [2.05, 4.69) is 151 Å². The summed E-state index contributed by atoms with van der Waals surface area (Å²) in [6, 6.07) is 44.1. The van der Waals surface area contributed by atoms with Crippen LogP contribution in [0.1, 0.15) is 12.7 Å². The summed E-state index contributed by atoms with van der Waals surface area (Å²) in [4.78, 5) is 4.80. The molecule has 0 atom stereocenters. The van der Waals surface area contributed by atoms with Crippen LogP contribution >= 0.6 is 0 Å². The second-order valence-electron chi connectivity index (χ2n) is 10.7. The molecule has 42 heavy (non-hydrogen) atoms. The number of hydrogen-bond acceptors (Lipinski definition) is 1. The van der Waals surface area contributed by atoms with Gasteiger partial charge in [0.2, 0.25) is 0 Å². The van der Waals surface area contributed by atoms with Gasteiger partial charge in [0.25, 0.3) is 0 Å². The Labute approximate surface area is 246 Å². The lowest BCUT2D eigenvalue weighted by atomic mass is 9.86. The van der Waals surface area contributed by atoms with Crippen LogP contribution in [0.15, 0.2) is 146 Å². The number of allylic oxidation sites excluding steroid dienone is 4. The molecule has 0 fully saturated rings. The van der Waals surface area contributed by atoms with Gasteiger partial charge in [0.15, 0.2) is 0 Å². The molecule has 0 spiro atoms. The van der Waals surface area contributed by atoms with E-state index < -0.39 is 0 Å². The largest absolute Gasteiger partial charge is 0.324 e. The van der Waals surface area contributed by atoms with Gasteiger partial charge < -0.3 is 4.57 Å². The molecule has 0 aliphatic heterocycles. The molecule has 0 saturated heterocycles. The van der Waals surface area contributed by atoms with Gasteiger partial charge in [-0.2, -0.15) is 0 Å². The van der Waals surface area contributed by atoms with Gasteiger partial charge in [0.05, 0.1) is 11.0 Å². The normalized spacial score (nSPS) is 12.0. The van der Waals surface area contributed by atoms with Crippen LogP contribution in [0, 0.1) is 6.92 Å². The third-order valence-electron chi connectivity index (χ3n) is 8.17. The first-order chi connectivity index (χ1) is 20.7. The van der Waals surface area contributed by atoms with Crippen molar-refractivity contribution in [2.45, 2.75) is 20.4 Å². The van der Waals surface area contributed by atoms with Crippen LogP contribution in [0.3, 0.4) is 0 Å². The molecule has 0 saturated carbocycles. The molecule has 7 rings (SSSR count). The van der Waals surface area contributed by atoms with Gasteiger partial charge in [0.1, 0.15) is 5.82 Å². The molecule has 7 aromatic rings. The maximum atomic E-state index is 4.80. The maximum absolute atomic E-state index is 4.80. The van der Waals surface area contributed by atoms with E-state index in [-0.39, 0.29) is 0 Å². The van der Waals surface area contributed by atoms with Crippen LogP contribution in [0.4, 0.5) is 0 Å². The maximum Gasteiger partial charge on any atom is 0.107 e. The van der Waals surface area contributed by atoms with E-state index in [9.17, 15) is 0 Å². The zero-order chi connectivity index (χ0) is 28.5. The highest BCUT2D eigenvalue weighted by Crippen LogP contribution is 2.43. The lowest BCUT2D eigenvalue weighted by Gasteiger charge is -2.18. The lowest BCUT2D eigenvalue weighted by molar-refractivity contribution is 0.806. The number of aryl methyl sites for hydroxylation is 1. The molecule has 0 aliphatic carbocycles. The Balaban J connectivity index is 1.34. The summed E-state index contributed by atoms with van der Waals surface area (Å²) in [6.07, 6.45) is 8.37. The molecule has 0 N–H and O–H groups in total. The van der Waals surface area contributed by atoms with Crippen LogP contribution in [0.25, 0.3) is 66.0 Å². The number of aromatic nitrogens is 2. The van der Waals surface area contributed by atoms with E-state index in [1.165, 1.54) is 54.9 Å². The smallest absolute Gasteiger partial charge is 0.107 e. The predicted molar refractivity (Wildman–Crippen MR) is 180 cm³/mol. The second kappa shape index (κ2) is 11.0. The fourth-order valence-electron chi connectivity index (χ4n) is 6.19. The number of imidazole rings is 1. The summed E-state index contributed by atoms with van der Waals surface area (Å²) in [5.41, 5.74) is 9.63. The van der Waals surface area contributed by atoms with E-state index in [1.54, 1.807) is 0 Å². The molecule has 2 nitrogen and oxygen atoms in total. The van der Waals surface area contributed by atoms with Gasteiger partial charge in [0, 0.05) is 6.54 Å². The summed E-state index contributed by atoms with van der Waals surface area (Å²) >= 11 is 0. The number of fused-ring (bicyclic) bond motifs is 3. The van der Waals surface area contributed by atoms with Crippen molar-refractivity contribution < 1.29 is 0 Å². The van der Waals surface area contributed by atoms with E-state index >= 15 is 0 Å². The second-order valence-corrected chi connectivity index (χ2v) is 10.7. The van der Waals surface area contributed by atoms with E-state index in [0.29, 0.717) is 0 Å². The average Bonchev–Trinajstić information content (AvgIpc) is 3.36. The molecule has 202 valence electrons. The first kappa shape index (κ1) is 25.7. The fraction of sp³-hybridized carbons (Fsp3) is 0.0750. The van der Waals surface area contributed by atoms with Gasteiger partial charge in [-0.3, -0.25) is 0 Å². The Bertz CT molecular complexity index is 2050. The summed E-state index contributed by atoms with van der Waals surface area (Å²) in [5, 5.41) is 5.10. The highest BCUT2D eigenvalue weighted by Gasteiger charge is 2.16. The Hall–Kier alpha value is -5.21. The monoisotopic (exact) mass is 540 g/mol. The lowest BCUT2D eigenvalue weighted by Crippen LogP contribution is -1.97. The van der Waals surface area contributed by atoms with E-state index in [4.69, 9.17) is 4.98 Å². The Morgan fingerprint density at radius 1 is 0.571 bits per heavy atom. The molecular formula is C40H32N2. The van der Waals surface area contributed by atoms with Crippen LogP contribution in [-0.4, -0.2) is 9.55 Å². The third-order valence-corrected chi connectivity index (χ3v) is 8.17. The number of hydrogen-bond donors (Lipinski definition) is 0. The van der Waals surface area contributed by atoms with Crippen LogP contribution in [0.2, 0.25) is 0 Å². The fourth-order valence-corrected chi connectivity index (χ4v) is 6.19. The molecule has 0 unspecified atom stereocenters. The van der Waals surface area contributed by atoms with Crippen molar-refractivity contribution in [3.63, 3.8) is 0 Å². The Morgan fingerprint density at radius 3 is 1.69 bits per heavy atom. The zero-order valence-electron chi connectivity index (χ0n) is 24.0. The van der Waals surface area contributed by atoms with Gasteiger partial charge in [-0.25, -0.2) is 4.98 Å². The average molecular weight is 541 g/mol. The number of rotatable bonds is 6. The number of nitrogens with zero attached hydrogens (tertiary/aromatic N) is 2. The van der Waals surface area contributed by atoms with Crippen molar-refractivity contribution in [3.05, 3.63) is 151 Å². The SMILES string of the molecule is C/C=C\C=C/Cn1c(C)nc2ccc(-c3ccc(-c4c5ccccc5c(-c5ccccc5)c5ccccc45)cc3)cc21. The van der Waals surface area contributed by atoms with Crippen LogP contribution < -0.4 is 0 Å². The van der Waals surface area contributed by atoms with Gasteiger partial charge in [-0.15, -0.1) is 0 Å². The summed E-state index contributed by atoms with van der Waals surface area (Å²) in [5.74, 6) is 1.03. The summed E-state index contributed by atoms with van der Waals surface area (Å²) in [6.45, 7) is 4.91. The molecule has 0 radical (unpaired) electrons. The minimum atomic E-state index is 0.800. The molecule has 0 bridgehead atoms. The van der Waals surface area contributed by atoms with Crippen molar-refractivity contribution in [1.29, 1.82) is 0 Å². The minimum Gasteiger partial charge on any atom is -0.324 e. The van der Waals surface area contributed by atoms with Crippen molar-refractivity contribution in [3.8, 4) is 33.4 Å². The van der Waals surface area contributed by atoms with E-state index in [1.807, 2.05) is 13.0 Å². The Morgan fingerprint density at radius 2 is 1.10 bits per heavy atom. The Kier molecular flexibility index (Phi) is 6.73. The third kappa shape index (κ3) is 4.52. The summed E-state index contributed by atoms with van der Waals surface area (Å²) in [7, 11) is 0. The topological polar surface area (TPSA) is 17.8 Å². The number of benzene rings is 6. The van der Waals surface area contributed by atoms with Crippen LogP contribution in [-0.2, 0) is 6.54 Å². The van der Waals surface area contributed by atoms with Gasteiger partial charge in [-0.05, 0) is 80.9 Å². The predicted octanol–water partition coefficient (Wildman–Crippen LogP) is 10.8. The van der Waals surface area contributed by atoms with Crippen molar-refractivity contribution in [2.75, 3.05) is 0 Å². The van der Waals surface area contributed by atoms with Crippen molar-refractivity contribution in [1.82, 2.24) is 9.55 Å². The molecule has 6 aromatic carbocycles. The summed E-state index contributed by atoms with van der Waals surface area (Å²) < 4.78 is 2.28. The molecule has 0 amide bonds. The zero-order valence-corrected chi connectivity index (χ0v) is 24.0. The van der Waals surface area contributed by atoms with Crippen molar-refractivity contribution in [2.24, 2.45) is 0 Å². The molecule has 1 aromatic heterocycles. The molecule has 0 aliphatic rings. The molecule has 1 heterocycles. The highest BCUT2D eigenvalue weighted by molar-refractivity contribution is 6.21. The van der Waals surface area contributed by atoms with Crippen LogP contribution in [0.5, 0.6) is 0 Å². The van der Waals surface area contributed by atoms with E-state index in [0.717, 1.165) is 23.4 Å².